The number of likely N-dealkylation sites (N-methyl/N-ethyl adjacent to an activating group) is 1. The maximum absolute atomic E-state index is 11.5. The summed E-state index contributed by atoms with van der Waals surface area (Å²) in [4.78, 5) is 13.6. The lowest BCUT2D eigenvalue weighted by molar-refractivity contribution is -0.123. The quantitative estimate of drug-likeness (QED) is 0.574. The molecule has 5 heteroatoms. The van der Waals surface area contributed by atoms with Crippen LogP contribution in [0.3, 0.4) is 0 Å². The molecule has 1 rings (SSSR count). The molecule has 0 spiro atoms. The first-order chi connectivity index (χ1) is 7.70. The Hall–Kier alpha value is -0.650. The van der Waals surface area contributed by atoms with Crippen molar-refractivity contribution in [1.29, 1.82) is 0 Å². The van der Waals surface area contributed by atoms with Gasteiger partial charge < -0.3 is 20.3 Å². The largest absolute Gasteiger partial charge is 0.378 e. The third kappa shape index (κ3) is 5.44. The second-order valence-corrected chi connectivity index (χ2v) is 4.36. The summed E-state index contributed by atoms with van der Waals surface area (Å²) in [6.07, 6.45) is 2.05. The lowest BCUT2D eigenvalue weighted by Gasteiger charge is -2.12. The molecule has 0 aromatic heterocycles. The number of nitrogens with one attached hydrogen (secondary N) is 2. The molecule has 0 bridgehead atoms. The van der Waals surface area contributed by atoms with Gasteiger partial charge in [-0.05, 0) is 33.5 Å². The molecule has 1 heterocycles. The lowest BCUT2D eigenvalue weighted by atomic mass is 10.2. The van der Waals surface area contributed by atoms with Crippen molar-refractivity contribution >= 4 is 5.91 Å². The maximum atomic E-state index is 11.5. The van der Waals surface area contributed by atoms with E-state index < -0.39 is 0 Å². The molecule has 0 saturated carbocycles. The molecule has 0 radical (unpaired) electrons. The van der Waals surface area contributed by atoms with Gasteiger partial charge in [-0.2, -0.15) is 0 Å². The topological polar surface area (TPSA) is 53.6 Å². The number of carbonyl (C=O) groups excluding carboxylic acids is 1. The molecule has 1 fully saturated rings. The summed E-state index contributed by atoms with van der Waals surface area (Å²) < 4.78 is 5.38. The molecule has 1 amide bonds. The van der Waals surface area contributed by atoms with Crippen LogP contribution in [0.1, 0.15) is 12.8 Å². The summed E-state index contributed by atoms with van der Waals surface area (Å²) in [5, 5.41) is 6.04. The molecule has 16 heavy (non-hydrogen) atoms. The van der Waals surface area contributed by atoms with Crippen molar-refractivity contribution in [3.63, 3.8) is 0 Å². The first-order valence-corrected chi connectivity index (χ1v) is 5.93. The average Bonchev–Trinajstić information content (AvgIpc) is 2.75. The van der Waals surface area contributed by atoms with Gasteiger partial charge in [0.05, 0.1) is 19.3 Å². The molecular formula is C11H23N3O2. The summed E-state index contributed by atoms with van der Waals surface area (Å²) >= 11 is 0. The molecule has 5 nitrogen and oxygen atoms in total. The second-order valence-electron chi connectivity index (χ2n) is 4.36. The zero-order chi connectivity index (χ0) is 11.8. The van der Waals surface area contributed by atoms with E-state index in [0.717, 1.165) is 25.9 Å². The minimum Gasteiger partial charge on any atom is -0.378 e. The fourth-order valence-corrected chi connectivity index (χ4v) is 1.63. The SMILES string of the molecule is CN(C)CCOCCNC(=O)[C@@H]1CCCN1. The van der Waals surface area contributed by atoms with E-state index in [1.807, 2.05) is 14.1 Å². The Morgan fingerprint density at radius 3 is 2.94 bits per heavy atom. The number of hydrogen-bond acceptors (Lipinski definition) is 4. The Morgan fingerprint density at radius 2 is 2.31 bits per heavy atom. The summed E-state index contributed by atoms with van der Waals surface area (Å²) in [5.41, 5.74) is 0. The number of nitrogens with zero attached hydrogens (tertiary/aromatic N) is 1. The molecule has 1 aliphatic rings. The van der Waals surface area contributed by atoms with Gasteiger partial charge in [0.1, 0.15) is 0 Å². The zero-order valence-electron chi connectivity index (χ0n) is 10.3. The summed E-state index contributed by atoms with van der Waals surface area (Å²) in [5.74, 6) is 0.105. The van der Waals surface area contributed by atoms with Gasteiger partial charge in [0, 0.05) is 13.1 Å². The predicted octanol–water partition coefficient (Wildman–Crippen LogP) is -0.567. The average molecular weight is 229 g/mol. The molecular weight excluding hydrogens is 206 g/mol. The standard InChI is InChI=1S/C11H23N3O2/c1-14(2)7-9-16-8-6-13-11(15)10-4-3-5-12-10/h10,12H,3-9H2,1-2H3,(H,13,15)/t10-/m0/s1. The Labute approximate surface area is 97.5 Å². The van der Waals surface area contributed by atoms with Crippen LogP contribution in [0.2, 0.25) is 0 Å². The fourth-order valence-electron chi connectivity index (χ4n) is 1.63. The van der Waals surface area contributed by atoms with Crippen LogP contribution < -0.4 is 10.6 Å². The maximum Gasteiger partial charge on any atom is 0.237 e. The lowest BCUT2D eigenvalue weighted by Crippen LogP contribution is -2.41. The van der Waals surface area contributed by atoms with Crippen LogP contribution in [0.25, 0.3) is 0 Å². The van der Waals surface area contributed by atoms with Crippen molar-refractivity contribution < 1.29 is 9.53 Å². The van der Waals surface area contributed by atoms with Crippen LogP contribution >= 0.6 is 0 Å². The summed E-state index contributed by atoms with van der Waals surface area (Å²) in [6.45, 7) is 3.77. The molecule has 0 unspecified atom stereocenters. The van der Waals surface area contributed by atoms with Gasteiger partial charge in [0.25, 0.3) is 0 Å². The van der Waals surface area contributed by atoms with Gasteiger partial charge in [-0.25, -0.2) is 0 Å². The van der Waals surface area contributed by atoms with Crippen LogP contribution in [0.5, 0.6) is 0 Å². The zero-order valence-corrected chi connectivity index (χ0v) is 10.3. The molecule has 0 aromatic carbocycles. The molecule has 1 atom stereocenters. The van der Waals surface area contributed by atoms with Crippen molar-refractivity contribution in [1.82, 2.24) is 15.5 Å². The third-order valence-corrected chi connectivity index (χ3v) is 2.61. The highest BCUT2D eigenvalue weighted by Crippen LogP contribution is 2.03. The Kier molecular flexibility index (Phi) is 6.37. The van der Waals surface area contributed by atoms with E-state index in [1.165, 1.54) is 0 Å². The number of rotatable bonds is 7. The highest BCUT2D eigenvalue weighted by Gasteiger charge is 2.20. The first-order valence-electron chi connectivity index (χ1n) is 5.93. The minimum atomic E-state index is 0.0155. The summed E-state index contributed by atoms with van der Waals surface area (Å²) in [6, 6.07) is 0.0155. The third-order valence-electron chi connectivity index (χ3n) is 2.61. The van der Waals surface area contributed by atoms with Crippen LogP contribution in [0, 0.1) is 0 Å². The Balaban J connectivity index is 1.92. The molecule has 94 valence electrons. The van der Waals surface area contributed by atoms with Crippen LogP contribution in [0.15, 0.2) is 0 Å². The van der Waals surface area contributed by atoms with E-state index in [-0.39, 0.29) is 11.9 Å². The van der Waals surface area contributed by atoms with Gasteiger partial charge in [-0.3, -0.25) is 4.79 Å². The highest BCUT2D eigenvalue weighted by atomic mass is 16.5. The van der Waals surface area contributed by atoms with Crippen molar-refractivity contribution in [2.75, 3.05) is 46.9 Å². The van der Waals surface area contributed by atoms with Crippen molar-refractivity contribution in [2.45, 2.75) is 18.9 Å². The monoisotopic (exact) mass is 229 g/mol. The number of amides is 1. The minimum absolute atomic E-state index is 0.0155. The predicted molar refractivity (Wildman–Crippen MR) is 63.4 cm³/mol. The van der Waals surface area contributed by atoms with E-state index in [9.17, 15) is 4.79 Å². The van der Waals surface area contributed by atoms with Gasteiger partial charge in [-0.15, -0.1) is 0 Å². The molecule has 1 aliphatic heterocycles. The van der Waals surface area contributed by atoms with E-state index >= 15 is 0 Å². The smallest absolute Gasteiger partial charge is 0.237 e. The van der Waals surface area contributed by atoms with Gasteiger partial charge in [0.2, 0.25) is 5.91 Å². The highest BCUT2D eigenvalue weighted by molar-refractivity contribution is 5.81. The van der Waals surface area contributed by atoms with Gasteiger partial charge in [0.15, 0.2) is 0 Å². The van der Waals surface area contributed by atoms with E-state index in [4.69, 9.17) is 4.74 Å². The molecule has 2 N–H and O–H groups in total. The molecule has 0 aliphatic carbocycles. The van der Waals surface area contributed by atoms with E-state index in [1.54, 1.807) is 0 Å². The Morgan fingerprint density at radius 1 is 1.50 bits per heavy atom. The normalized spacial score (nSPS) is 20.3. The number of ether oxygens (including phenoxy) is 1. The number of carbonyl (C=O) groups is 1. The van der Waals surface area contributed by atoms with Crippen LogP contribution in [-0.4, -0.2) is 63.8 Å². The van der Waals surface area contributed by atoms with Crippen molar-refractivity contribution in [2.24, 2.45) is 0 Å². The Bertz CT molecular complexity index is 203. The van der Waals surface area contributed by atoms with Crippen molar-refractivity contribution in [3.8, 4) is 0 Å². The molecule has 1 saturated heterocycles. The van der Waals surface area contributed by atoms with Crippen LogP contribution in [-0.2, 0) is 9.53 Å². The molecule has 0 aromatic rings. The van der Waals surface area contributed by atoms with Gasteiger partial charge >= 0.3 is 0 Å². The van der Waals surface area contributed by atoms with Crippen LogP contribution in [0.4, 0.5) is 0 Å². The summed E-state index contributed by atoms with van der Waals surface area (Å²) in [7, 11) is 4.02. The number of hydrogen-bond donors (Lipinski definition) is 2. The van der Waals surface area contributed by atoms with Crippen molar-refractivity contribution in [3.05, 3.63) is 0 Å². The van der Waals surface area contributed by atoms with E-state index in [0.29, 0.717) is 19.8 Å². The second kappa shape index (κ2) is 7.60. The van der Waals surface area contributed by atoms with Gasteiger partial charge in [-0.1, -0.05) is 0 Å². The first kappa shape index (κ1) is 13.4. The fraction of sp³-hybridized carbons (Fsp3) is 0.909. The van der Waals surface area contributed by atoms with E-state index in [2.05, 4.69) is 15.5 Å².